The minimum atomic E-state index is -3.49. The topological polar surface area (TPSA) is 79.2 Å². The van der Waals surface area contributed by atoms with E-state index < -0.39 is 22.9 Å². The molecule has 0 radical (unpaired) electrons. The van der Waals surface area contributed by atoms with Gasteiger partial charge in [-0.15, -0.1) is 12.4 Å². The summed E-state index contributed by atoms with van der Waals surface area (Å²) in [4.78, 5) is 0. The molecule has 1 aliphatic carbocycles. The van der Waals surface area contributed by atoms with Crippen LogP contribution in [0.1, 0.15) is 32.1 Å². The minimum Gasteiger partial charge on any atom is -0.392 e. The van der Waals surface area contributed by atoms with Crippen LogP contribution in [0.25, 0.3) is 0 Å². The zero-order chi connectivity index (χ0) is 20.4. The lowest BCUT2D eigenvalue weighted by molar-refractivity contribution is 0.160. The highest BCUT2D eigenvalue weighted by Gasteiger charge is 2.42. The molecule has 2 aromatic rings. The van der Waals surface area contributed by atoms with Gasteiger partial charge >= 0.3 is 0 Å². The molecular weight excluding hydrogens is 429 g/mol. The molecule has 0 unspecified atom stereocenters. The molecule has 6 nitrogen and oxygen atoms in total. The molecule has 9 heteroatoms. The number of nitrogens with zero attached hydrogens (tertiary/aromatic N) is 2. The molecule has 30 heavy (non-hydrogen) atoms. The van der Waals surface area contributed by atoms with Crippen LogP contribution < -0.4 is 13.9 Å². The van der Waals surface area contributed by atoms with Gasteiger partial charge in [-0.3, -0.25) is 13.4 Å². The number of rotatable bonds is 7. The Hall–Kier alpha value is -1.55. The highest BCUT2D eigenvalue weighted by molar-refractivity contribution is 8.27. The van der Waals surface area contributed by atoms with Crippen LogP contribution in [-0.2, 0) is 0 Å². The third kappa shape index (κ3) is 4.54. The van der Waals surface area contributed by atoms with Gasteiger partial charge < -0.3 is 10.4 Å². The first-order valence-corrected chi connectivity index (χ1v) is 11.6. The number of benzene rings is 2. The first-order valence-electron chi connectivity index (χ1n) is 10.1. The Morgan fingerprint density at radius 3 is 2.27 bits per heavy atom. The number of hydrogen-bond donors (Lipinski definition) is 4. The first kappa shape index (κ1) is 23.1. The number of hydrogen-bond acceptors (Lipinski definition) is 6. The third-order valence-electron chi connectivity index (χ3n) is 5.64. The van der Waals surface area contributed by atoms with Crippen molar-refractivity contribution in [2.45, 2.75) is 44.2 Å². The van der Waals surface area contributed by atoms with E-state index in [9.17, 15) is 18.6 Å². The van der Waals surface area contributed by atoms with Gasteiger partial charge in [-0.2, -0.15) is 0 Å². The summed E-state index contributed by atoms with van der Waals surface area (Å²) < 4.78 is 39.3. The van der Waals surface area contributed by atoms with Gasteiger partial charge in [-0.25, -0.2) is 8.70 Å². The quantitative estimate of drug-likeness (QED) is 0.465. The second-order valence-electron chi connectivity index (χ2n) is 7.66. The summed E-state index contributed by atoms with van der Waals surface area (Å²) in [5.74, 6) is -0.523. The van der Waals surface area contributed by atoms with Crippen LogP contribution in [-0.4, -0.2) is 39.4 Å². The van der Waals surface area contributed by atoms with Gasteiger partial charge in [0.25, 0.3) is 0 Å². The van der Waals surface area contributed by atoms with Gasteiger partial charge in [0, 0.05) is 19.1 Å². The average molecular weight is 458 g/mol. The number of halogens is 2. The first-order chi connectivity index (χ1) is 14.0. The van der Waals surface area contributed by atoms with Crippen molar-refractivity contribution in [1.29, 1.82) is 0 Å². The van der Waals surface area contributed by atoms with Crippen LogP contribution in [0.15, 0.2) is 48.5 Å². The van der Waals surface area contributed by atoms with Crippen LogP contribution in [0.2, 0.25) is 0 Å². The molecule has 4 N–H and O–H groups in total. The van der Waals surface area contributed by atoms with Crippen LogP contribution in [0.4, 0.5) is 21.5 Å². The van der Waals surface area contributed by atoms with E-state index in [-0.39, 0.29) is 24.6 Å². The summed E-state index contributed by atoms with van der Waals surface area (Å²) in [7, 11) is -3.49. The zero-order valence-electron chi connectivity index (χ0n) is 16.7. The lowest BCUT2D eigenvalue weighted by Crippen LogP contribution is -2.37. The number of fused-ring (bicyclic) bond motifs is 1. The summed E-state index contributed by atoms with van der Waals surface area (Å²) in [5, 5.41) is 13.8. The number of nitrogens with one attached hydrogen (secondary N) is 1. The van der Waals surface area contributed by atoms with Gasteiger partial charge in [0.15, 0.2) is 0 Å². The Morgan fingerprint density at radius 1 is 1.00 bits per heavy atom. The molecule has 0 amide bonds. The van der Waals surface area contributed by atoms with E-state index in [0.29, 0.717) is 30.4 Å². The van der Waals surface area contributed by atoms with Crippen LogP contribution in [0, 0.1) is 5.82 Å². The summed E-state index contributed by atoms with van der Waals surface area (Å²) in [6.07, 6.45) is 4.51. The molecule has 2 aliphatic rings. The third-order valence-corrected chi connectivity index (χ3v) is 7.50. The van der Waals surface area contributed by atoms with E-state index in [1.165, 1.54) is 33.6 Å². The van der Waals surface area contributed by atoms with Crippen LogP contribution in [0.5, 0.6) is 0 Å². The fraction of sp³-hybridized carbons (Fsp3) is 0.429. The van der Waals surface area contributed by atoms with E-state index in [1.54, 1.807) is 30.3 Å². The standard InChI is InChI=1S/C21H28FN3O3S.ClH/c22-18-9-3-4-10-19(18)25-21-12-6-5-11-20(21)24(29(25,27)28)14-13-17(26)15-23-16-7-1-2-8-16;/h3-6,9-12,16-17,23,26-28H,1-2,7-8,13-15H2;1H/t17-;/m0./s1. The molecule has 1 fully saturated rings. The summed E-state index contributed by atoms with van der Waals surface area (Å²) in [6.45, 7) is 0.730. The van der Waals surface area contributed by atoms with Crippen LogP contribution in [0.3, 0.4) is 0 Å². The summed E-state index contributed by atoms with van der Waals surface area (Å²) >= 11 is 0. The number of aliphatic hydroxyl groups is 1. The van der Waals surface area contributed by atoms with E-state index in [4.69, 9.17) is 0 Å². The van der Waals surface area contributed by atoms with Crippen molar-refractivity contribution in [1.82, 2.24) is 5.32 Å². The Bertz CT molecular complexity index is 854. The molecule has 1 aliphatic heterocycles. The molecule has 4 rings (SSSR count). The van der Waals surface area contributed by atoms with Gasteiger partial charge in [0.2, 0.25) is 0 Å². The summed E-state index contributed by atoms with van der Waals surface area (Å²) in [6, 6.07) is 13.7. The fourth-order valence-electron chi connectivity index (χ4n) is 4.13. The lowest BCUT2D eigenvalue weighted by Gasteiger charge is -2.44. The van der Waals surface area contributed by atoms with Crippen molar-refractivity contribution in [3.05, 3.63) is 54.3 Å². The van der Waals surface area contributed by atoms with E-state index in [0.717, 1.165) is 12.8 Å². The summed E-state index contributed by atoms with van der Waals surface area (Å²) in [5.41, 5.74) is 1.27. The lowest BCUT2D eigenvalue weighted by atomic mass is 10.2. The number of aliphatic hydroxyl groups excluding tert-OH is 1. The SMILES string of the molecule is Cl.O[C@@H](CCN1c2ccccc2N(c2ccccc2F)S1(O)O)CNC1CCCC1. The predicted octanol–water partition coefficient (Wildman–Crippen LogP) is 5.07. The molecule has 1 atom stereocenters. The Kier molecular flexibility index (Phi) is 7.49. The molecule has 2 aromatic carbocycles. The normalized spacial score (nSPS) is 20.0. The van der Waals surface area contributed by atoms with Gasteiger partial charge in [-0.05, 0) is 54.5 Å². The molecular formula is C21H29ClFN3O3S. The van der Waals surface area contributed by atoms with E-state index in [2.05, 4.69) is 5.32 Å². The second-order valence-corrected chi connectivity index (χ2v) is 9.44. The monoisotopic (exact) mass is 457 g/mol. The van der Waals surface area contributed by atoms with Crippen LogP contribution >= 0.6 is 23.4 Å². The van der Waals surface area contributed by atoms with Crippen molar-refractivity contribution in [2.24, 2.45) is 0 Å². The Balaban J connectivity index is 0.00000256. The number of para-hydroxylation sites is 3. The van der Waals surface area contributed by atoms with Crippen molar-refractivity contribution in [2.75, 3.05) is 21.7 Å². The highest BCUT2D eigenvalue weighted by atomic mass is 35.5. The second kappa shape index (κ2) is 9.72. The predicted molar refractivity (Wildman–Crippen MR) is 123 cm³/mol. The van der Waals surface area contributed by atoms with Gasteiger partial charge in [-0.1, -0.05) is 37.1 Å². The van der Waals surface area contributed by atoms with Crippen molar-refractivity contribution >= 4 is 40.4 Å². The Labute approximate surface area is 184 Å². The molecule has 0 saturated heterocycles. The fourth-order valence-corrected chi connectivity index (χ4v) is 5.93. The Morgan fingerprint density at radius 2 is 1.60 bits per heavy atom. The van der Waals surface area contributed by atoms with Gasteiger partial charge in [0.05, 0.1) is 17.5 Å². The maximum Gasteiger partial charge on any atom is 0.148 e. The van der Waals surface area contributed by atoms with Crippen molar-refractivity contribution < 1.29 is 18.6 Å². The zero-order valence-corrected chi connectivity index (χ0v) is 18.3. The van der Waals surface area contributed by atoms with E-state index >= 15 is 0 Å². The van der Waals surface area contributed by atoms with Crippen molar-refractivity contribution in [3.8, 4) is 0 Å². The maximum atomic E-state index is 14.5. The average Bonchev–Trinajstić information content (AvgIpc) is 3.29. The number of anilines is 3. The molecule has 1 heterocycles. The smallest absolute Gasteiger partial charge is 0.148 e. The van der Waals surface area contributed by atoms with Crippen molar-refractivity contribution in [3.63, 3.8) is 0 Å². The highest BCUT2D eigenvalue weighted by Crippen LogP contribution is 2.64. The maximum absolute atomic E-state index is 14.5. The largest absolute Gasteiger partial charge is 0.392 e. The molecule has 1 saturated carbocycles. The van der Waals surface area contributed by atoms with Gasteiger partial charge in [0.1, 0.15) is 11.5 Å². The minimum absolute atomic E-state index is 0. The molecule has 166 valence electrons. The molecule has 0 bridgehead atoms. The molecule has 0 aromatic heterocycles. The van der Waals surface area contributed by atoms with E-state index in [1.807, 2.05) is 6.07 Å². The molecule has 0 spiro atoms.